The highest BCUT2D eigenvalue weighted by Crippen LogP contribution is 2.29. The molecule has 96 valence electrons. The van der Waals surface area contributed by atoms with Crippen LogP contribution in [0.1, 0.15) is 35.7 Å². The minimum atomic E-state index is -3.79. The summed E-state index contributed by atoms with van der Waals surface area (Å²) >= 11 is 0.930. The Morgan fingerprint density at radius 3 is 2.65 bits per heavy atom. The van der Waals surface area contributed by atoms with Gasteiger partial charge in [-0.3, -0.25) is 0 Å². The molecule has 0 amide bonds. The number of ether oxygens (including phenoxy) is 1. The van der Waals surface area contributed by atoms with Gasteiger partial charge in [0.2, 0.25) is 0 Å². The molecule has 0 fully saturated rings. The van der Waals surface area contributed by atoms with Gasteiger partial charge in [-0.2, -0.15) is 0 Å². The van der Waals surface area contributed by atoms with Crippen LogP contribution in [0.5, 0.6) is 0 Å². The third-order valence-electron chi connectivity index (χ3n) is 2.17. The lowest BCUT2D eigenvalue weighted by Crippen LogP contribution is -2.07. The number of rotatable bonds is 5. The van der Waals surface area contributed by atoms with E-state index < -0.39 is 15.0 Å². The Kier molecular flexibility index (Phi) is 4.97. The number of halogens is 1. The smallest absolute Gasteiger partial charge is 0.339 e. The zero-order chi connectivity index (χ0) is 13.1. The largest absolute Gasteiger partial charge is 0.462 e. The minimum Gasteiger partial charge on any atom is -0.462 e. The van der Waals surface area contributed by atoms with E-state index in [4.69, 9.17) is 15.4 Å². The molecule has 0 N–H and O–H groups in total. The maximum atomic E-state index is 11.6. The molecule has 1 aromatic rings. The van der Waals surface area contributed by atoms with E-state index >= 15 is 0 Å². The van der Waals surface area contributed by atoms with E-state index in [1.54, 1.807) is 6.92 Å². The average molecular weight is 297 g/mol. The molecule has 0 radical (unpaired) electrons. The van der Waals surface area contributed by atoms with Crippen LogP contribution in [0.2, 0.25) is 0 Å². The number of unbranched alkanes of at least 4 members (excludes halogenated alkanes) is 1. The van der Waals surface area contributed by atoms with E-state index in [0.717, 1.165) is 24.2 Å². The van der Waals surface area contributed by atoms with E-state index in [2.05, 4.69) is 0 Å². The predicted molar refractivity (Wildman–Crippen MR) is 67.3 cm³/mol. The second-order valence-corrected chi connectivity index (χ2v) is 7.13. The second kappa shape index (κ2) is 5.84. The van der Waals surface area contributed by atoms with Gasteiger partial charge in [0, 0.05) is 16.1 Å². The van der Waals surface area contributed by atoms with Gasteiger partial charge in [-0.1, -0.05) is 13.3 Å². The first-order valence-electron chi connectivity index (χ1n) is 5.07. The maximum absolute atomic E-state index is 11.6. The SMILES string of the molecule is CCCCOC(=O)c1csc(S(=O)(=O)Cl)c1C. The maximum Gasteiger partial charge on any atom is 0.339 e. The highest BCUT2D eigenvalue weighted by atomic mass is 35.7. The highest BCUT2D eigenvalue weighted by molar-refractivity contribution is 8.15. The standard InChI is InChI=1S/C10H13ClO4S2/c1-3-4-5-15-9(12)8-6-16-10(7(8)2)17(11,13)14/h6H,3-5H2,1-2H3. The first-order chi connectivity index (χ1) is 7.88. The van der Waals surface area contributed by atoms with Gasteiger partial charge in [0.25, 0.3) is 9.05 Å². The summed E-state index contributed by atoms with van der Waals surface area (Å²) in [7, 11) is 1.45. The van der Waals surface area contributed by atoms with Crippen molar-refractivity contribution < 1.29 is 17.9 Å². The van der Waals surface area contributed by atoms with Crippen LogP contribution >= 0.6 is 22.0 Å². The topological polar surface area (TPSA) is 60.4 Å². The molecule has 1 rings (SSSR count). The lowest BCUT2D eigenvalue weighted by molar-refractivity contribution is 0.0499. The Morgan fingerprint density at radius 1 is 1.53 bits per heavy atom. The molecule has 4 nitrogen and oxygen atoms in total. The van der Waals surface area contributed by atoms with Crippen molar-refractivity contribution in [2.75, 3.05) is 6.61 Å². The number of carbonyl (C=O) groups is 1. The quantitative estimate of drug-likeness (QED) is 0.476. The summed E-state index contributed by atoms with van der Waals surface area (Å²) in [5.74, 6) is -0.501. The van der Waals surface area contributed by atoms with Gasteiger partial charge in [0.05, 0.1) is 12.2 Å². The van der Waals surface area contributed by atoms with Crippen LogP contribution < -0.4 is 0 Å². The molecule has 7 heteroatoms. The van der Waals surface area contributed by atoms with Crippen LogP contribution in [0, 0.1) is 6.92 Å². The molecule has 0 saturated heterocycles. The van der Waals surface area contributed by atoms with Gasteiger partial charge < -0.3 is 4.74 Å². The summed E-state index contributed by atoms with van der Waals surface area (Å²) in [5, 5.41) is 1.46. The molecule has 0 spiro atoms. The molecule has 0 aliphatic carbocycles. The molecule has 0 bridgehead atoms. The van der Waals surface area contributed by atoms with Crippen molar-refractivity contribution in [3.8, 4) is 0 Å². The van der Waals surface area contributed by atoms with Crippen molar-refractivity contribution >= 4 is 37.0 Å². The molecule has 1 heterocycles. The number of carbonyl (C=O) groups excluding carboxylic acids is 1. The minimum absolute atomic E-state index is 0.00149. The van der Waals surface area contributed by atoms with E-state index in [0.29, 0.717) is 12.2 Å². The normalized spacial score (nSPS) is 11.5. The third kappa shape index (κ3) is 3.69. The zero-order valence-electron chi connectivity index (χ0n) is 9.53. The highest BCUT2D eigenvalue weighted by Gasteiger charge is 2.22. The Hall–Kier alpha value is -0.590. The van der Waals surface area contributed by atoms with Crippen molar-refractivity contribution in [2.24, 2.45) is 0 Å². The van der Waals surface area contributed by atoms with Gasteiger partial charge in [0.15, 0.2) is 0 Å². The summed E-state index contributed by atoms with van der Waals surface area (Å²) < 4.78 is 27.4. The Bertz CT molecular complexity index is 504. The Morgan fingerprint density at radius 2 is 2.18 bits per heavy atom. The molecular weight excluding hydrogens is 284 g/mol. The van der Waals surface area contributed by atoms with Crippen molar-refractivity contribution in [2.45, 2.75) is 30.9 Å². The Balaban J connectivity index is 2.87. The van der Waals surface area contributed by atoms with Gasteiger partial charge in [0.1, 0.15) is 4.21 Å². The number of esters is 1. The summed E-state index contributed by atoms with van der Waals surface area (Å²) in [6, 6.07) is 0. The molecular formula is C10H13ClO4S2. The van der Waals surface area contributed by atoms with Crippen molar-refractivity contribution in [3.63, 3.8) is 0 Å². The summed E-state index contributed by atoms with van der Waals surface area (Å²) in [6.45, 7) is 3.87. The molecule has 17 heavy (non-hydrogen) atoms. The summed E-state index contributed by atoms with van der Waals surface area (Å²) in [5.41, 5.74) is 0.622. The molecule has 0 saturated carbocycles. The van der Waals surface area contributed by atoms with Crippen LogP contribution in [0.4, 0.5) is 0 Å². The summed E-state index contributed by atoms with van der Waals surface area (Å²) in [4.78, 5) is 11.6. The van der Waals surface area contributed by atoms with Crippen molar-refractivity contribution in [3.05, 3.63) is 16.5 Å². The lowest BCUT2D eigenvalue weighted by Gasteiger charge is -2.03. The molecule has 0 unspecified atom stereocenters. The number of hydrogen-bond acceptors (Lipinski definition) is 5. The predicted octanol–water partition coefficient (Wildman–Crippen LogP) is 2.94. The Labute approximate surface area is 109 Å². The van der Waals surface area contributed by atoms with E-state index in [9.17, 15) is 13.2 Å². The average Bonchev–Trinajstić information content (AvgIpc) is 2.59. The van der Waals surface area contributed by atoms with Crippen LogP contribution in [-0.2, 0) is 13.8 Å². The van der Waals surface area contributed by atoms with Gasteiger partial charge in [-0.15, -0.1) is 11.3 Å². The second-order valence-electron chi connectivity index (χ2n) is 3.49. The number of hydrogen-bond donors (Lipinski definition) is 0. The molecule has 0 atom stereocenters. The fraction of sp³-hybridized carbons (Fsp3) is 0.500. The summed E-state index contributed by atoms with van der Waals surface area (Å²) in [6.07, 6.45) is 1.72. The van der Waals surface area contributed by atoms with E-state index in [-0.39, 0.29) is 9.77 Å². The van der Waals surface area contributed by atoms with Crippen LogP contribution in [0.3, 0.4) is 0 Å². The fourth-order valence-electron chi connectivity index (χ4n) is 1.23. The molecule has 1 aromatic heterocycles. The van der Waals surface area contributed by atoms with Gasteiger partial charge in [-0.05, 0) is 18.9 Å². The van der Waals surface area contributed by atoms with E-state index in [1.165, 1.54) is 5.38 Å². The van der Waals surface area contributed by atoms with Crippen molar-refractivity contribution in [1.82, 2.24) is 0 Å². The van der Waals surface area contributed by atoms with Crippen LogP contribution in [0.15, 0.2) is 9.59 Å². The first kappa shape index (κ1) is 14.5. The van der Waals surface area contributed by atoms with E-state index in [1.807, 2.05) is 6.92 Å². The number of thiophene rings is 1. The van der Waals surface area contributed by atoms with Gasteiger partial charge in [-0.25, -0.2) is 13.2 Å². The van der Waals surface area contributed by atoms with Crippen LogP contribution in [0.25, 0.3) is 0 Å². The van der Waals surface area contributed by atoms with Crippen molar-refractivity contribution in [1.29, 1.82) is 0 Å². The molecule has 0 aliphatic rings. The first-order valence-corrected chi connectivity index (χ1v) is 8.26. The lowest BCUT2D eigenvalue weighted by atomic mass is 10.2. The fourth-order valence-corrected chi connectivity index (χ4v) is 3.77. The van der Waals surface area contributed by atoms with Crippen LogP contribution in [-0.4, -0.2) is 21.0 Å². The monoisotopic (exact) mass is 296 g/mol. The molecule has 0 aromatic carbocycles. The zero-order valence-corrected chi connectivity index (χ0v) is 11.9. The molecule has 0 aliphatic heterocycles. The third-order valence-corrected chi connectivity index (χ3v) is 5.47. The van der Waals surface area contributed by atoms with Gasteiger partial charge >= 0.3 is 5.97 Å².